The van der Waals surface area contributed by atoms with Gasteiger partial charge in [-0.15, -0.1) is 0 Å². The average Bonchev–Trinajstić information content (AvgIpc) is 2.86. The third-order valence-electron chi connectivity index (χ3n) is 5.94. The number of amides is 1. The summed E-state index contributed by atoms with van der Waals surface area (Å²) in [5.74, 6) is -1.48. The first-order valence-electron chi connectivity index (χ1n) is 11.3. The van der Waals surface area contributed by atoms with Gasteiger partial charge in [0.1, 0.15) is 5.69 Å². The summed E-state index contributed by atoms with van der Waals surface area (Å²) in [5.41, 5.74) is 2.21. The summed E-state index contributed by atoms with van der Waals surface area (Å²) in [7, 11) is -2.39. The zero-order valence-electron chi connectivity index (χ0n) is 20.4. The smallest absolute Gasteiger partial charge is 0.356 e. The van der Waals surface area contributed by atoms with E-state index in [-0.39, 0.29) is 16.1 Å². The fraction of sp³-hybridized carbons (Fsp3) is 0.148. The van der Waals surface area contributed by atoms with Crippen molar-refractivity contribution in [3.63, 3.8) is 0 Å². The maximum Gasteiger partial charge on any atom is 0.356 e. The molecule has 9 nitrogen and oxygen atoms in total. The SMILES string of the molecule is Cc1ccc(-c2c(C(=O)OC(C)C(=O)Nc3ccc(S(N)(=O)=O)cc3)n(C)c(=O)c3ccccc23)cc1. The van der Waals surface area contributed by atoms with Gasteiger partial charge in [-0.2, -0.15) is 0 Å². The third-order valence-corrected chi connectivity index (χ3v) is 6.87. The van der Waals surface area contributed by atoms with Crippen molar-refractivity contribution in [2.45, 2.75) is 24.8 Å². The number of aryl methyl sites for hydroxylation is 1. The Morgan fingerprint density at radius 3 is 2.14 bits per heavy atom. The maximum atomic E-state index is 13.4. The van der Waals surface area contributed by atoms with Crippen molar-refractivity contribution in [1.29, 1.82) is 0 Å². The third kappa shape index (κ3) is 5.30. The molecule has 10 heteroatoms. The minimum atomic E-state index is -3.87. The fourth-order valence-corrected chi connectivity index (χ4v) is 4.47. The number of benzene rings is 3. The number of carbonyl (C=O) groups is 2. The zero-order chi connectivity index (χ0) is 26.9. The van der Waals surface area contributed by atoms with Gasteiger partial charge in [-0.3, -0.25) is 9.59 Å². The standard InChI is InChI=1S/C27H25N3O6S/c1-16-8-10-18(11-9-16)23-21-6-4-5-7-22(21)26(32)30(3)24(23)27(33)36-17(2)25(31)29-19-12-14-20(15-13-19)37(28,34)35/h4-15,17H,1-3H3,(H,29,31)(H2,28,34,35). The van der Waals surface area contributed by atoms with Crippen molar-refractivity contribution in [1.82, 2.24) is 4.57 Å². The number of ether oxygens (including phenoxy) is 1. The Labute approximate surface area is 213 Å². The first kappa shape index (κ1) is 25.8. The number of pyridine rings is 1. The van der Waals surface area contributed by atoms with Gasteiger partial charge in [0.15, 0.2) is 6.10 Å². The Balaban J connectivity index is 1.67. The van der Waals surface area contributed by atoms with E-state index in [2.05, 4.69) is 5.32 Å². The average molecular weight is 520 g/mol. The molecular formula is C27H25N3O6S. The summed E-state index contributed by atoms with van der Waals surface area (Å²) < 4.78 is 29.6. The lowest BCUT2D eigenvalue weighted by Crippen LogP contribution is -2.33. The number of sulfonamides is 1. The molecule has 4 aromatic rings. The van der Waals surface area contributed by atoms with Crippen molar-refractivity contribution in [3.05, 3.63) is 94.4 Å². The number of nitrogens with two attached hydrogens (primary N) is 1. The van der Waals surface area contributed by atoms with Crippen LogP contribution in [-0.4, -0.2) is 31.0 Å². The van der Waals surface area contributed by atoms with Crippen LogP contribution in [0.15, 0.2) is 82.5 Å². The molecule has 0 fully saturated rings. The molecule has 4 rings (SSSR count). The van der Waals surface area contributed by atoms with Gasteiger partial charge in [0, 0.05) is 23.7 Å². The number of hydrogen-bond donors (Lipinski definition) is 2. The van der Waals surface area contributed by atoms with Crippen LogP contribution in [0, 0.1) is 6.92 Å². The second kappa shape index (κ2) is 10.00. The van der Waals surface area contributed by atoms with Crippen LogP contribution in [0.4, 0.5) is 5.69 Å². The van der Waals surface area contributed by atoms with E-state index in [1.54, 1.807) is 24.3 Å². The number of primary sulfonamides is 1. The molecule has 190 valence electrons. The molecule has 0 radical (unpaired) electrons. The Morgan fingerprint density at radius 2 is 1.54 bits per heavy atom. The number of hydrogen-bond acceptors (Lipinski definition) is 6. The number of esters is 1. The molecule has 0 saturated carbocycles. The van der Waals surface area contributed by atoms with Gasteiger partial charge in [0.05, 0.1) is 4.90 Å². The number of nitrogens with zero attached hydrogens (tertiary/aromatic N) is 1. The molecule has 1 heterocycles. The second-order valence-corrected chi connectivity index (χ2v) is 10.2. The van der Waals surface area contributed by atoms with E-state index >= 15 is 0 Å². The molecule has 0 aliphatic carbocycles. The van der Waals surface area contributed by atoms with Crippen LogP contribution >= 0.6 is 0 Å². The number of nitrogens with one attached hydrogen (secondary N) is 1. The molecule has 0 saturated heterocycles. The highest BCUT2D eigenvalue weighted by Gasteiger charge is 2.26. The molecule has 1 aromatic heterocycles. The quantitative estimate of drug-likeness (QED) is 0.375. The van der Waals surface area contributed by atoms with E-state index in [0.717, 1.165) is 11.1 Å². The van der Waals surface area contributed by atoms with Crippen LogP contribution in [-0.2, 0) is 26.6 Å². The van der Waals surface area contributed by atoms with Crippen LogP contribution in [0.5, 0.6) is 0 Å². The maximum absolute atomic E-state index is 13.4. The number of anilines is 1. The van der Waals surface area contributed by atoms with E-state index in [1.807, 2.05) is 31.2 Å². The summed E-state index contributed by atoms with van der Waals surface area (Å²) in [5, 5.41) is 8.69. The molecule has 1 amide bonds. The minimum Gasteiger partial charge on any atom is -0.448 e. The van der Waals surface area contributed by atoms with Gasteiger partial charge in [-0.1, -0.05) is 48.0 Å². The van der Waals surface area contributed by atoms with Crippen LogP contribution in [0.2, 0.25) is 0 Å². The second-order valence-electron chi connectivity index (χ2n) is 8.61. The largest absolute Gasteiger partial charge is 0.448 e. The molecule has 0 spiro atoms. The molecule has 0 aliphatic heterocycles. The lowest BCUT2D eigenvalue weighted by Gasteiger charge is -2.19. The summed E-state index contributed by atoms with van der Waals surface area (Å²) in [4.78, 5) is 39.1. The van der Waals surface area contributed by atoms with E-state index in [0.29, 0.717) is 22.0 Å². The van der Waals surface area contributed by atoms with Gasteiger partial charge >= 0.3 is 5.97 Å². The first-order valence-corrected chi connectivity index (χ1v) is 12.9. The van der Waals surface area contributed by atoms with Crippen LogP contribution in [0.1, 0.15) is 23.0 Å². The zero-order valence-corrected chi connectivity index (χ0v) is 21.2. The fourth-order valence-electron chi connectivity index (χ4n) is 3.96. The Kier molecular flexibility index (Phi) is 6.97. The molecule has 3 aromatic carbocycles. The van der Waals surface area contributed by atoms with Crippen molar-refractivity contribution < 1.29 is 22.7 Å². The predicted octanol–water partition coefficient (Wildman–Crippen LogP) is 3.35. The van der Waals surface area contributed by atoms with Crippen LogP contribution in [0.3, 0.4) is 0 Å². The lowest BCUT2D eigenvalue weighted by molar-refractivity contribution is -0.123. The van der Waals surface area contributed by atoms with Crippen molar-refractivity contribution in [2.75, 3.05) is 5.32 Å². The topological polar surface area (TPSA) is 138 Å². The van der Waals surface area contributed by atoms with E-state index in [4.69, 9.17) is 9.88 Å². The predicted molar refractivity (Wildman–Crippen MR) is 141 cm³/mol. The summed E-state index contributed by atoms with van der Waals surface area (Å²) >= 11 is 0. The van der Waals surface area contributed by atoms with Gasteiger partial charge in [-0.05, 0) is 55.1 Å². The summed E-state index contributed by atoms with van der Waals surface area (Å²) in [6.07, 6.45) is -1.22. The highest BCUT2D eigenvalue weighted by Crippen LogP contribution is 2.31. The van der Waals surface area contributed by atoms with Gasteiger partial charge in [0.25, 0.3) is 11.5 Å². The molecule has 1 unspecified atom stereocenters. The molecule has 0 aliphatic rings. The number of fused-ring (bicyclic) bond motifs is 1. The minimum absolute atomic E-state index is 0.0182. The summed E-state index contributed by atoms with van der Waals surface area (Å²) in [6, 6.07) is 19.8. The highest BCUT2D eigenvalue weighted by molar-refractivity contribution is 7.89. The molecule has 37 heavy (non-hydrogen) atoms. The number of carbonyl (C=O) groups excluding carboxylic acids is 2. The van der Waals surface area contributed by atoms with Gasteiger partial charge in [-0.25, -0.2) is 18.4 Å². The lowest BCUT2D eigenvalue weighted by atomic mass is 9.96. The van der Waals surface area contributed by atoms with E-state index in [9.17, 15) is 22.8 Å². The monoisotopic (exact) mass is 519 g/mol. The molecule has 1 atom stereocenters. The normalized spacial score (nSPS) is 12.2. The highest BCUT2D eigenvalue weighted by atomic mass is 32.2. The van der Waals surface area contributed by atoms with Crippen molar-refractivity contribution in [2.24, 2.45) is 12.2 Å². The van der Waals surface area contributed by atoms with E-state index < -0.39 is 28.0 Å². The molecular weight excluding hydrogens is 494 g/mol. The molecule has 3 N–H and O–H groups in total. The molecule has 0 bridgehead atoms. The Hall–Kier alpha value is -4.28. The van der Waals surface area contributed by atoms with Crippen molar-refractivity contribution >= 4 is 38.4 Å². The Morgan fingerprint density at radius 1 is 0.946 bits per heavy atom. The first-order chi connectivity index (χ1) is 17.5. The number of rotatable bonds is 6. The van der Waals surface area contributed by atoms with Gasteiger partial charge < -0.3 is 14.6 Å². The van der Waals surface area contributed by atoms with Crippen LogP contribution < -0.4 is 16.0 Å². The van der Waals surface area contributed by atoms with Crippen molar-refractivity contribution in [3.8, 4) is 11.1 Å². The Bertz CT molecular complexity index is 1670. The van der Waals surface area contributed by atoms with Gasteiger partial charge in [0.2, 0.25) is 10.0 Å². The summed E-state index contributed by atoms with van der Waals surface area (Å²) in [6.45, 7) is 3.34. The number of aromatic nitrogens is 1. The van der Waals surface area contributed by atoms with E-state index in [1.165, 1.54) is 42.8 Å². The van der Waals surface area contributed by atoms with Crippen LogP contribution in [0.25, 0.3) is 21.9 Å².